The van der Waals surface area contributed by atoms with E-state index in [1.807, 2.05) is 0 Å². The second-order valence-electron chi connectivity index (χ2n) is 4.87. The van der Waals surface area contributed by atoms with Crippen molar-refractivity contribution in [1.82, 2.24) is 4.90 Å². The van der Waals surface area contributed by atoms with E-state index in [-0.39, 0.29) is 85.5 Å². The first-order chi connectivity index (χ1) is 10.3. The minimum atomic E-state index is -4.84. The van der Waals surface area contributed by atoms with Gasteiger partial charge in [-0.2, -0.15) is 0 Å². The SMILES string of the molecule is CCN1C(=O)c2cccc3c(N)c(S(=O)(=O)[O-])cc(c23)C1=O.[K+]. The van der Waals surface area contributed by atoms with Gasteiger partial charge in [0, 0.05) is 22.9 Å². The number of nitrogens with zero attached hydrogens (tertiary/aromatic N) is 1. The zero-order valence-corrected chi connectivity index (χ0v) is 16.4. The fourth-order valence-corrected chi connectivity index (χ4v) is 3.35. The Morgan fingerprint density at radius 1 is 1.17 bits per heavy atom. The van der Waals surface area contributed by atoms with Crippen molar-refractivity contribution < 1.29 is 73.9 Å². The van der Waals surface area contributed by atoms with Crippen LogP contribution >= 0.6 is 0 Å². The Hall–Kier alpha value is -0.814. The molecule has 23 heavy (non-hydrogen) atoms. The van der Waals surface area contributed by atoms with Crippen LogP contribution in [0.4, 0.5) is 5.69 Å². The molecule has 0 saturated heterocycles. The molecule has 0 atom stereocenters. The fraction of sp³-hybridized carbons (Fsp3) is 0.143. The summed E-state index contributed by atoms with van der Waals surface area (Å²) in [5.74, 6) is -1.11. The van der Waals surface area contributed by atoms with Gasteiger partial charge in [-0.15, -0.1) is 0 Å². The maximum absolute atomic E-state index is 12.4. The quantitative estimate of drug-likeness (QED) is 0.285. The zero-order valence-electron chi connectivity index (χ0n) is 12.5. The van der Waals surface area contributed by atoms with Crippen LogP contribution in [0.2, 0.25) is 0 Å². The second kappa shape index (κ2) is 6.24. The molecule has 0 radical (unpaired) electrons. The Labute approximate surface area is 175 Å². The molecule has 0 aliphatic carbocycles. The maximum atomic E-state index is 12.4. The van der Waals surface area contributed by atoms with E-state index in [0.717, 1.165) is 11.0 Å². The van der Waals surface area contributed by atoms with Gasteiger partial charge in [0.2, 0.25) is 0 Å². The first-order valence-corrected chi connectivity index (χ1v) is 7.85. The van der Waals surface area contributed by atoms with Gasteiger partial charge in [0.1, 0.15) is 10.1 Å². The summed E-state index contributed by atoms with van der Waals surface area (Å²) in [6, 6.07) is 5.50. The number of nitrogens with two attached hydrogens (primary N) is 1. The van der Waals surface area contributed by atoms with Crippen LogP contribution in [0, 0.1) is 0 Å². The van der Waals surface area contributed by atoms with Gasteiger partial charge in [0.25, 0.3) is 11.8 Å². The number of imide groups is 1. The van der Waals surface area contributed by atoms with E-state index in [4.69, 9.17) is 5.73 Å². The molecule has 0 spiro atoms. The van der Waals surface area contributed by atoms with E-state index in [0.29, 0.717) is 0 Å². The Bertz CT molecular complexity index is 955. The molecule has 1 aliphatic heterocycles. The van der Waals surface area contributed by atoms with Crippen molar-refractivity contribution in [3.8, 4) is 0 Å². The van der Waals surface area contributed by atoms with Crippen molar-refractivity contribution in [2.75, 3.05) is 12.3 Å². The van der Waals surface area contributed by atoms with Gasteiger partial charge in [-0.1, -0.05) is 12.1 Å². The predicted octanol–water partition coefficient (Wildman–Crippen LogP) is -2.05. The van der Waals surface area contributed by atoms with Gasteiger partial charge in [0.05, 0.1) is 16.1 Å². The van der Waals surface area contributed by atoms with Crippen LogP contribution in [-0.4, -0.2) is 36.2 Å². The van der Waals surface area contributed by atoms with E-state index in [9.17, 15) is 22.6 Å². The van der Waals surface area contributed by atoms with Crippen molar-refractivity contribution in [3.63, 3.8) is 0 Å². The van der Waals surface area contributed by atoms with Crippen LogP contribution in [0.5, 0.6) is 0 Å². The Morgan fingerprint density at radius 3 is 2.35 bits per heavy atom. The third kappa shape index (κ3) is 2.76. The average Bonchev–Trinajstić information content (AvgIpc) is 2.45. The molecule has 1 aliphatic rings. The number of nitrogen functional groups attached to an aromatic ring is 1. The number of carbonyl (C=O) groups is 2. The van der Waals surface area contributed by atoms with Crippen LogP contribution < -0.4 is 57.1 Å². The molecular formula is C14H11KN2O5S. The summed E-state index contributed by atoms with van der Waals surface area (Å²) in [6.45, 7) is 1.76. The van der Waals surface area contributed by atoms with Crippen molar-refractivity contribution in [2.45, 2.75) is 11.8 Å². The molecular weight excluding hydrogens is 347 g/mol. The summed E-state index contributed by atoms with van der Waals surface area (Å²) in [5, 5.41) is 0.494. The average molecular weight is 358 g/mol. The molecule has 0 unspecified atom stereocenters. The number of hydrogen-bond donors (Lipinski definition) is 1. The summed E-state index contributed by atoms with van der Waals surface area (Å²) >= 11 is 0. The molecule has 2 aromatic rings. The van der Waals surface area contributed by atoms with Gasteiger partial charge in [-0.05, 0) is 19.1 Å². The predicted molar refractivity (Wildman–Crippen MR) is 77.4 cm³/mol. The molecule has 0 bridgehead atoms. The largest absolute Gasteiger partial charge is 1.00 e. The van der Waals surface area contributed by atoms with Gasteiger partial charge in [0.15, 0.2) is 0 Å². The first kappa shape index (κ1) is 18.5. The Kier molecular flexibility index (Phi) is 5.03. The van der Waals surface area contributed by atoms with Gasteiger partial charge in [-0.25, -0.2) is 8.42 Å². The minimum Gasteiger partial charge on any atom is -0.744 e. The van der Waals surface area contributed by atoms with Crippen LogP contribution in [0.3, 0.4) is 0 Å². The van der Waals surface area contributed by atoms with E-state index in [1.54, 1.807) is 6.92 Å². The van der Waals surface area contributed by atoms with Crippen molar-refractivity contribution in [1.29, 1.82) is 0 Å². The summed E-state index contributed by atoms with van der Waals surface area (Å²) in [7, 11) is -4.84. The monoisotopic (exact) mass is 358 g/mol. The second-order valence-corrected chi connectivity index (χ2v) is 6.22. The van der Waals surface area contributed by atoms with Crippen molar-refractivity contribution in [2.24, 2.45) is 0 Å². The number of hydrogen-bond acceptors (Lipinski definition) is 6. The molecule has 7 nitrogen and oxygen atoms in total. The number of amides is 2. The summed E-state index contributed by atoms with van der Waals surface area (Å²) in [5.41, 5.74) is 5.77. The summed E-state index contributed by atoms with van der Waals surface area (Å²) in [6.07, 6.45) is 0. The van der Waals surface area contributed by atoms with Crippen LogP contribution in [0.25, 0.3) is 10.8 Å². The van der Waals surface area contributed by atoms with Crippen molar-refractivity contribution in [3.05, 3.63) is 35.4 Å². The Morgan fingerprint density at radius 2 is 1.78 bits per heavy atom. The number of rotatable bonds is 2. The van der Waals surface area contributed by atoms with Gasteiger partial charge in [-0.3, -0.25) is 14.5 Å². The fourth-order valence-electron chi connectivity index (χ4n) is 2.70. The van der Waals surface area contributed by atoms with Gasteiger partial charge >= 0.3 is 51.4 Å². The molecule has 9 heteroatoms. The normalized spacial score (nSPS) is 14.1. The van der Waals surface area contributed by atoms with Gasteiger partial charge < -0.3 is 10.3 Å². The van der Waals surface area contributed by atoms with E-state index in [1.165, 1.54) is 18.2 Å². The van der Waals surface area contributed by atoms with Crippen LogP contribution in [0.1, 0.15) is 27.6 Å². The third-order valence-corrected chi connectivity index (χ3v) is 4.58. The first-order valence-electron chi connectivity index (χ1n) is 6.44. The van der Waals surface area contributed by atoms with Crippen molar-refractivity contribution >= 4 is 38.4 Å². The topological polar surface area (TPSA) is 121 Å². The minimum absolute atomic E-state index is 0. The zero-order chi connectivity index (χ0) is 16.2. The molecule has 0 saturated carbocycles. The smallest absolute Gasteiger partial charge is 0.744 e. The molecule has 2 aromatic carbocycles. The molecule has 0 aromatic heterocycles. The third-order valence-electron chi connectivity index (χ3n) is 3.70. The standard InChI is InChI=1S/C14H12N2O5S.K/c1-2-16-13(17)8-5-3-4-7-11(8)9(14(16)18)6-10(12(7)15)22(19,20)21;/h3-6H,2,15H2,1H3,(H,19,20,21);/q;+1/p-1. The summed E-state index contributed by atoms with van der Waals surface area (Å²) < 4.78 is 34.1. The van der Waals surface area contributed by atoms with E-state index >= 15 is 0 Å². The van der Waals surface area contributed by atoms with E-state index < -0.39 is 26.8 Å². The molecule has 2 N–H and O–H groups in total. The summed E-state index contributed by atoms with van der Waals surface area (Å²) in [4.78, 5) is 25.1. The van der Waals surface area contributed by atoms with Crippen LogP contribution in [-0.2, 0) is 10.1 Å². The van der Waals surface area contributed by atoms with Crippen LogP contribution in [0.15, 0.2) is 29.2 Å². The molecule has 1 heterocycles. The molecule has 3 rings (SSSR count). The number of carbonyl (C=O) groups excluding carboxylic acids is 2. The Balaban J connectivity index is 0.00000192. The number of benzene rings is 2. The molecule has 0 fully saturated rings. The molecule has 114 valence electrons. The maximum Gasteiger partial charge on any atom is 1.00 e. The molecule has 2 amide bonds. The van der Waals surface area contributed by atoms with E-state index in [2.05, 4.69) is 0 Å². The number of anilines is 1.